The lowest BCUT2D eigenvalue weighted by Crippen LogP contribution is -2.33. The number of amides is 1. The summed E-state index contributed by atoms with van der Waals surface area (Å²) in [6.45, 7) is 1.92. The topological polar surface area (TPSA) is 118 Å². The number of H-pyrrole nitrogens is 1. The van der Waals surface area contributed by atoms with Crippen LogP contribution in [0.3, 0.4) is 0 Å². The summed E-state index contributed by atoms with van der Waals surface area (Å²) in [5.74, 6) is -2.31. The van der Waals surface area contributed by atoms with Crippen LogP contribution in [0.5, 0.6) is 5.75 Å². The van der Waals surface area contributed by atoms with E-state index in [9.17, 15) is 18.4 Å². The number of halogens is 2. The first kappa shape index (κ1) is 21.9. The Morgan fingerprint density at radius 1 is 1.37 bits per heavy atom. The monoisotopic (exact) mass is 443 g/mol. The minimum Gasteiger partial charge on any atom is -0.483 e. The number of aromatic amines is 1. The number of anilines is 1. The molecule has 30 heavy (non-hydrogen) atoms. The van der Waals surface area contributed by atoms with E-state index in [0.29, 0.717) is 5.01 Å². The molecule has 1 saturated carbocycles. The number of thiazole rings is 1. The fourth-order valence-corrected chi connectivity index (χ4v) is 3.75. The van der Waals surface area contributed by atoms with Gasteiger partial charge in [-0.05, 0) is 19.8 Å². The molecule has 1 aliphatic carbocycles. The van der Waals surface area contributed by atoms with Gasteiger partial charge in [0.2, 0.25) is 11.7 Å². The molecule has 0 bridgehead atoms. The van der Waals surface area contributed by atoms with Crippen molar-refractivity contribution in [1.82, 2.24) is 20.3 Å². The van der Waals surface area contributed by atoms with Crippen molar-refractivity contribution in [3.05, 3.63) is 21.4 Å². The third kappa shape index (κ3) is 5.65. The standard InChI is InChI=1S/C18H23F2N5O4S/c1-10-9-30-16(22-10)14-24-13(23-11-3-5-18(19,20)6-4-11)12(15(26)25-14)29-8-7-21-17(27)28-2/h9,11H,3-8H2,1-2H3,(H,21,27)(H2,23,24,25,26). The second kappa shape index (κ2) is 9.37. The normalized spacial score (nSPS) is 16.1. The van der Waals surface area contributed by atoms with E-state index < -0.39 is 17.6 Å². The van der Waals surface area contributed by atoms with E-state index in [-0.39, 0.29) is 62.3 Å². The van der Waals surface area contributed by atoms with E-state index >= 15 is 0 Å². The SMILES string of the molecule is COC(=O)NCCOc1c(NC2CCC(F)(F)CC2)nc(-c2nc(C)cs2)[nH]c1=O. The molecule has 3 rings (SSSR count). The Bertz CT molecular complexity index is 939. The number of rotatable bonds is 7. The molecule has 0 radical (unpaired) electrons. The molecule has 2 heterocycles. The van der Waals surface area contributed by atoms with Crippen LogP contribution < -0.4 is 20.9 Å². The Morgan fingerprint density at radius 3 is 2.73 bits per heavy atom. The number of methoxy groups -OCH3 is 1. The van der Waals surface area contributed by atoms with E-state index in [4.69, 9.17) is 4.74 Å². The molecule has 0 aromatic carbocycles. The van der Waals surface area contributed by atoms with Gasteiger partial charge in [-0.25, -0.2) is 23.5 Å². The summed E-state index contributed by atoms with van der Waals surface area (Å²) in [5, 5.41) is 7.88. The molecule has 164 valence electrons. The first-order valence-corrected chi connectivity index (χ1v) is 10.3. The Kier molecular flexibility index (Phi) is 6.85. The second-order valence-corrected chi connectivity index (χ2v) is 7.79. The highest BCUT2D eigenvalue weighted by Gasteiger charge is 2.35. The van der Waals surface area contributed by atoms with Crippen LogP contribution in [-0.2, 0) is 4.74 Å². The fourth-order valence-electron chi connectivity index (χ4n) is 3.01. The highest BCUT2D eigenvalue weighted by atomic mass is 32.1. The maximum atomic E-state index is 13.5. The van der Waals surface area contributed by atoms with Crippen molar-refractivity contribution in [2.45, 2.75) is 44.6 Å². The Balaban J connectivity index is 1.80. The number of ether oxygens (including phenoxy) is 2. The summed E-state index contributed by atoms with van der Waals surface area (Å²) in [4.78, 5) is 35.2. The van der Waals surface area contributed by atoms with Crippen molar-refractivity contribution in [3.8, 4) is 16.6 Å². The number of aryl methyl sites for hydroxylation is 1. The van der Waals surface area contributed by atoms with Crippen LogP contribution in [-0.4, -0.2) is 53.3 Å². The number of aromatic nitrogens is 3. The minimum atomic E-state index is -2.66. The molecular formula is C18H23F2N5O4S. The lowest BCUT2D eigenvalue weighted by molar-refractivity contribution is -0.0361. The molecule has 0 atom stereocenters. The summed E-state index contributed by atoms with van der Waals surface area (Å²) in [6.07, 6.45) is -0.591. The Morgan fingerprint density at radius 2 is 2.10 bits per heavy atom. The summed E-state index contributed by atoms with van der Waals surface area (Å²) < 4.78 is 37.0. The lowest BCUT2D eigenvalue weighted by Gasteiger charge is -2.29. The van der Waals surface area contributed by atoms with Gasteiger partial charge in [-0.1, -0.05) is 0 Å². The summed E-state index contributed by atoms with van der Waals surface area (Å²) >= 11 is 1.33. The maximum absolute atomic E-state index is 13.5. The van der Waals surface area contributed by atoms with Gasteiger partial charge in [-0.15, -0.1) is 11.3 Å². The average Bonchev–Trinajstić information content (AvgIpc) is 3.14. The summed E-state index contributed by atoms with van der Waals surface area (Å²) in [7, 11) is 1.24. The van der Waals surface area contributed by atoms with E-state index in [1.54, 1.807) is 0 Å². The third-order valence-corrected chi connectivity index (χ3v) is 5.53. The number of nitrogens with zero attached hydrogens (tertiary/aromatic N) is 2. The highest BCUT2D eigenvalue weighted by Crippen LogP contribution is 2.35. The molecule has 1 aliphatic rings. The van der Waals surface area contributed by atoms with Crippen LogP contribution in [0.4, 0.5) is 19.4 Å². The smallest absolute Gasteiger partial charge is 0.406 e. The molecule has 3 N–H and O–H groups in total. The largest absolute Gasteiger partial charge is 0.483 e. The van der Waals surface area contributed by atoms with Crippen molar-refractivity contribution in [2.24, 2.45) is 0 Å². The third-order valence-electron chi connectivity index (χ3n) is 4.56. The van der Waals surface area contributed by atoms with Crippen LogP contribution in [0.2, 0.25) is 0 Å². The molecule has 0 saturated heterocycles. The van der Waals surface area contributed by atoms with Crippen molar-refractivity contribution >= 4 is 23.2 Å². The van der Waals surface area contributed by atoms with Crippen molar-refractivity contribution < 1.29 is 23.0 Å². The molecule has 9 nitrogen and oxygen atoms in total. The first-order chi connectivity index (χ1) is 14.3. The maximum Gasteiger partial charge on any atom is 0.406 e. The second-order valence-electron chi connectivity index (χ2n) is 6.93. The zero-order valence-corrected chi connectivity index (χ0v) is 17.4. The Labute approximate surface area is 175 Å². The number of carbonyl (C=O) groups excluding carboxylic acids is 1. The van der Waals surface area contributed by atoms with Gasteiger partial charge in [0.1, 0.15) is 6.61 Å². The van der Waals surface area contributed by atoms with Gasteiger partial charge in [-0.2, -0.15) is 0 Å². The van der Waals surface area contributed by atoms with Gasteiger partial charge in [0.05, 0.1) is 13.7 Å². The molecule has 0 unspecified atom stereocenters. The van der Waals surface area contributed by atoms with Gasteiger partial charge in [-0.3, -0.25) is 4.79 Å². The highest BCUT2D eigenvalue weighted by molar-refractivity contribution is 7.13. The lowest BCUT2D eigenvalue weighted by atomic mass is 9.92. The molecular weight excluding hydrogens is 420 g/mol. The Hall–Kier alpha value is -2.76. The van der Waals surface area contributed by atoms with Gasteiger partial charge in [0.25, 0.3) is 5.56 Å². The van der Waals surface area contributed by atoms with E-state index in [1.165, 1.54) is 18.4 Å². The van der Waals surface area contributed by atoms with Crippen LogP contribution in [0.1, 0.15) is 31.4 Å². The van der Waals surface area contributed by atoms with Gasteiger partial charge >= 0.3 is 6.09 Å². The number of carbonyl (C=O) groups is 1. The van der Waals surface area contributed by atoms with Crippen molar-refractivity contribution in [2.75, 3.05) is 25.6 Å². The molecule has 0 spiro atoms. The van der Waals surface area contributed by atoms with Crippen LogP contribution in [0, 0.1) is 6.92 Å². The van der Waals surface area contributed by atoms with E-state index in [2.05, 4.69) is 30.3 Å². The van der Waals surface area contributed by atoms with E-state index in [1.807, 2.05) is 12.3 Å². The molecule has 1 fully saturated rings. The summed E-state index contributed by atoms with van der Waals surface area (Å²) in [6, 6.07) is -0.264. The quantitative estimate of drug-likeness (QED) is 0.563. The first-order valence-electron chi connectivity index (χ1n) is 9.43. The van der Waals surface area contributed by atoms with Crippen molar-refractivity contribution in [3.63, 3.8) is 0 Å². The van der Waals surface area contributed by atoms with Gasteiger partial charge < -0.3 is 25.1 Å². The van der Waals surface area contributed by atoms with Crippen LogP contribution in [0.15, 0.2) is 10.2 Å². The number of hydrogen-bond donors (Lipinski definition) is 3. The number of hydrogen-bond acceptors (Lipinski definition) is 8. The zero-order chi connectivity index (χ0) is 21.7. The summed E-state index contributed by atoms with van der Waals surface area (Å²) in [5.41, 5.74) is 0.255. The van der Waals surface area contributed by atoms with E-state index in [0.717, 1.165) is 5.69 Å². The number of nitrogens with one attached hydrogen (secondary N) is 3. The molecule has 0 aliphatic heterocycles. The zero-order valence-electron chi connectivity index (χ0n) is 16.6. The predicted octanol–water partition coefficient (Wildman–Crippen LogP) is 2.93. The van der Waals surface area contributed by atoms with Crippen LogP contribution in [0.25, 0.3) is 10.8 Å². The predicted molar refractivity (Wildman–Crippen MR) is 107 cm³/mol. The molecule has 1 amide bonds. The van der Waals surface area contributed by atoms with Crippen molar-refractivity contribution in [1.29, 1.82) is 0 Å². The average molecular weight is 443 g/mol. The minimum absolute atomic E-state index is 0.00696. The molecule has 12 heteroatoms. The van der Waals surface area contributed by atoms with Gasteiger partial charge in [0.15, 0.2) is 16.6 Å². The fraction of sp³-hybridized carbons (Fsp3) is 0.556. The number of alkyl carbamates (subject to hydrolysis) is 1. The van der Waals surface area contributed by atoms with Crippen LogP contribution >= 0.6 is 11.3 Å². The molecule has 2 aromatic heterocycles. The van der Waals surface area contributed by atoms with Gasteiger partial charge in [0, 0.05) is 30.0 Å². The molecule has 2 aromatic rings. The number of alkyl halides is 2.